The Bertz CT molecular complexity index is 877. The van der Waals surface area contributed by atoms with E-state index >= 15 is 0 Å². The smallest absolute Gasteiger partial charge is 0.271 e. The van der Waals surface area contributed by atoms with Crippen molar-refractivity contribution in [3.05, 3.63) is 56.1 Å². The Hall–Kier alpha value is -1.70. The van der Waals surface area contributed by atoms with Crippen LogP contribution in [-0.4, -0.2) is 17.5 Å². The number of rotatable bonds is 3. The van der Waals surface area contributed by atoms with Crippen LogP contribution in [0.3, 0.4) is 0 Å². The Labute approximate surface area is 155 Å². The van der Waals surface area contributed by atoms with Crippen LogP contribution in [0, 0.1) is 0 Å². The number of ether oxygens (including phenoxy) is 1. The number of carbonyl (C=O) groups excluding carboxylic acids is 1. The summed E-state index contributed by atoms with van der Waals surface area (Å²) in [7, 11) is 0. The molecule has 0 fully saturated rings. The van der Waals surface area contributed by atoms with Gasteiger partial charge in [0.2, 0.25) is 0 Å². The number of nitrogens with zero attached hydrogens (tertiary/aromatic N) is 1. The molecule has 0 saturated heterocycles. The van der Waals surface area contributed by atoms with E-state index in [-0.39, 0.29) is 11.9 Å². The molecule has 7 heteroatoms. The number of benzene rings is 1. The van der Waals surface area contributed by atoms with Gasteiger partial charge in [-0.1, -0.05) is 15.9 Å². The molecule has 1 atom stereocenters. The molecule has 0 saturated carbocycles. The summed E-state index contributed by atoms with van der Waals surface area (Å²) in [5.74, 6) is 0.678. The standard InChI is InChI=1S/C17H13BrN2O2S2/c18-11-1-2-15-12(7-11)13(3-5-22-15)19-16(21)14-9-24-17(20-14)10-4-6-23-8-10/h1-2,4,6-9,13H,3,5H2,(H,19,21). The molecule has 1 amide bonds. The van der Waals surface area contributed by atoms with Crippen molar-refractivity contribution in [3.8, 4) is 16.3 Å². The Kier molecular flexibility index (Phi) is 4.39. The molecule has 0 radical (unpaired) electrons. The van der Waals surface area contributed by atoms with Gasteiger partial charge in [0.05, 0.1) is 12.6 Å². The van der Waals surface area contributed by atoms with Crippen LogP contribution < -0.4 is 10.1 Å². The first-order valence-corrected chi connectivity index (χ1v) is 10.0. The lowest BCUT2D eigenvalue weighted by atomic mass is 10.0. The Morgan fingerprint density at radius 2 is 2.25 bits per heavy atom. The molecule has 1 aliphatic heterocycles. The van der Waals surface area contributed by atoms with Crippen molar-refractivity contribution in [2.24, 2.45) is 0 Å². The first kappa shape index (κ1) is 15.8. The highest BCUT2D eigenvalue weighted by Gasteiger charge is 2.24. The van der Waals surface area contributed by atoms with E-state index in [4.69, 9.17) is 4.74 Å². The van der Waals surface area contributed by atoms with E-state index in [0.29, 0.717) is 12.3 Å². The molecule has 24 heavy (non-hydrogen) atoms. The number of amides is 1. The van der Waals surface area contributed by atoms with Crippen LogP contribution in [0.4, 0.5) is 0 Å². The monoisotopic (exact) mass is 420 g/mol. The average molecular weight is 421 g/mol. The van der Waals surface area contributed by atoms with Crippen molar-refractivity contribution in [3.63, 3.8) is 0 Å². The van der Waals surface area contributed by atoms with E-state index < -0.39 is 0 Å². The second kappa shape index (κ2) is 6.66. The van der Waals surface area contributed by atoms with Crippen LogP contribution in [0.25, 0.3) is 10.6 Å². The van der Waals surface area contributed by atoms with E-state index in [2.05, 4.69) is 26.2 Å². The average Bonchev–Trinajstić information content (AvgIpc) is 3.26. The third kappa shape index (κ3) is 3.11. The molecule has 3 heterocycles. The van der Waals surface area contributed by atoms with Crippen molar-refractivity contribution >= 4 is 44.5 Å². The predicted octanol–water partition coefficient (Wildman–Crippen LogP) is 4.89. The molecular formula is C17H13BrN2O2S2. The van der Waals surface area contributed by atoms with Gasteiger partial charge in [-0.2, -0.15) is 11.3 Å². The van der Waals surface area contributed by atoms with Crippen molar-refractivity contribution in [2.45, 2.75) is 12.5 Å². The number of hydrogen-bond acceptors (Lipinski definition) is 5. The van der Waals surface area contributed by atoms with Crippen molar-refractivity contribution in [2.75, 3.05) is 6.61 Å². The third-order valence-corrected chi connectivity index (χ3v) is 5.89. The quantitative estimate of drug-likeness (QED) is 0.656. The Balaban J connectivity index is 1.54. The van der Waals surface area contributed by atoms with Gasteiger partial charge in [-0.25, -0.2) is 4.98 Å². The van der Waals surface area contributed by atoms with Crippen molar-refractivity contribution < 1.29 is 9.53 Å². The lowest BCUT2D eigenvalue weighted by Gasteiger charge is -2.26. The largest absolute Gasteiger partial charge is 0.493 e. The molecule has 1 aromatic carbocycles. The minimum atomic E-state index is -0.148. The van der Waals surface area contributed by atoms with E-state index in [1.807, 2.05) is 40.4 Å². The number of thiophene rings is 1. The zero-order valence-electron chi connectivity index (χ0n) is 12.5. The summed E-state index contributed by atoms with van der Waals surface area (Å²) in [4.78, 5) is 17.0. The summed E-state index contributed by atoms with van der Waals surface area (Å²) in [6.07, 6.45) is 0.747. The first-order chi connectivity index (χ1) is 11.7. The second-order valence-electron chi connectivity index (χ2n) is 5.40. The summed E-state index contributed by atoms with van der Waals surface area (Å²) >= 11 is 6.59. The fraction of sp³-hybridized carbons (Fsp3) is 0.176. The van der Waals surface area contributed by atoms with Gasteiger partial charge in [0.15, 0.2) is 0 Å². The minimum Gasteiger partial charge on any atom is -0.493 e. The lowest BCUT2D eigenvalue weighted by molar-refractivity contribution is 0.0920. The molecule has 4 rings (SSSR count). The van der Waals surface area contributed by atoms with Crippen LogP contribution in [0.1, 0.15) is 28.5 Å². The van der Waals surface area contributed by atoms with E-state index in [0.717, 1.165) is 32.8 Å². The first-order valence-electron chi connectivity index (χ1n) is 7.42. The number of thiazole rings is 1. The molecule has 0 spiro atoms. The van der Waals surface area contributed by atoms with Crippen molar-refractivity contribution in [1.82, 2.24) is 10.3 Å². The zero-order valence-corrected chi connectivity index (χ0v) is 15.7. The summed E-state index contributed by atoms with van der Waals surface area (Å²) < 4.78 is 6.64. The fourth-order valence-corrected chi connectivity index (χ4v) is 4.54. The Morgan fingerprint density at radius 3 is 3.08 bits per heavy atom. The highest BCUT2D eigenvalue weighted by molar-refractivity contribution is 9.10. The van der Waals surface area contributed by atoms with Crippen LogP contribution in [0.5, 0.6) is 5.75 Å². The van der Waals surface area contributed by atoms with Crippen LogP contribution >= 0.6 is 38.6 Å². The maximum atomic E-state index is 12.6. The highest BCUT2D eigenvalue weighted by atomic mass is 79.9. The molecular weight excluding hydrogens is 408 g/mol. The van der Waals surface area contributed by atoms with Gasteiger partial charge in [-0.05, 0) is 29.6 Å². The van der Waals surface area contributed by atoms with Gasteiger partial charge in [0.25, 0.3) is 5.91 Å². The van der Waals surface area contributed by atoms with E-state index in [9.17, 15) is 4.79 Å². The summed E-state index contributed by atoms with van der Waals surface area (Å²) in [5.41, 5.74) is 2.52. The SMILES string of the molecule is O=C(NC1CCOc2ccc(Br)cc21)c1csc(-c2ccsc2)n1. The summed E-state index contributed by atoms with van der Waals surface area (Å²) in [5, 5.41) is 9.81. The molecule has 1 N–H and O–H groups in total. The molecule has 3 aromatic rings. The predicted molar refractivity (Wildman–Crippen MR) is 99.9 cm³/mol. The Morgan fingerprint density at radius 1 is 1.33 bits per heavy atom. The number of fused-ring (bicyclic) bond motifs is 1. The second-order valence-corrected chi connectivity index (χ2v) is 7.95. The lowest BCUT2D eigenvalue weighted by Crippen LogP contribution is -2.32. The molecule has 122 valence electrons. The minimum absolute atomic E-state index is 0.0648. The molecule has 1 aliphatic rings. The van der Waals surface area contributed by atoms with Crippen molar-refractivity contribution in [1.29, 1.82) is 0 Å². The fourth-order valence-electron chi connectivity index (χ4n) is 2.64. The zero-order chi connectivity index (χ0) is 16.5. The molecule has 4 nitrogen and oxygen atoms in total. The maximum Gasteiger partial charge on any atom is 0.271 e. The number of hydrogen-bond donors (Lipinski definition) is 1. The third-order valence-electron chi connectivity index (χ3n) is 3.82. The van der Waals surface area contributed by atoms with Gasteiger partial charge < -0.3 is 10.1 Å². The van der Waals surface area contributed by atoms with Crippen LogP contribution in [0.2, 0.25) is 0 Å². The normalized spacial score (nSPS) is 16.3. The number of halogens is 1. The number of aromatic nitrogens is 1. The van der Waals surface area contributed by atoms with Gasteiger partial charge >= 0.3 is 0 Å². The van der Waals surface area contributed by atoms with Crippen LogP contribution in [0.15, 0.2) is 44.9 Å². The number of nitrogens with one attached hydrogen (secondary N) is 1. The molecule has 0 bridgehead atoms. The maximum absolute atomic E-state index is 12.6. The summed E-state index contributed by atoms with van der Waals surface area (Å²) in [6, 6.07) is 7.81. The van der Waals surface area contributed by atoms with Gasteiger partial charge in [-0.15, -0.1) is 11.3 Å². The summed E-state index contributed by atoms with van der Waals surface area (Å²) in [6.45, 7) is 0.594. The molecule has 0 aliphatic carbocycles. The van der Waals surface area contributed by atoms with Crippen LogP contribution in [-0.2, 0) is 0 Å². The topological polar surface area (TPSA) is 51.2 Å². The van der Waals surface area contributed by atoms with Gasteiger partial charge in [0, 0.05) is 32.8 Å². The highest BCUT2D eigenvalue weighted by Crippen LogP contribution is 2.34. The van der Waals surface area contributed by atoms with Gasteiger partial charge in [0.1, 0.15) is 16.5 Å². The van der Waals surface area contributed by atoms with E-state index in [1.54, 1.807) is 11.3 Å². The van der Waals surface area contributed by atoms with E-state index in [1.165, 1.54) is 11.3 Å². The molecule has 2 aromatic heterocycles. The number of carbonyl (C=O) groups is 1. The molecule has 1 unspecified atom stereocenters. The van der Waals surface area contributed by atoms with Gasteiger partial charge in [-0.3, -0.25) is 4.79 Å².